The zero-order chi connectivity index (χ0) is 14.1. The van der Waals surface area contributed by atoms with E-state index in [0.717, 1.165) is 23.3 Å². The number of rotatable bonds is 3. The highest BCUT2D eigenvalue weighted by atomic mass is 35.5. The van der Waals surface area contributed by atoms with Crippen molar-refractivity contribution in [1.82, 2.24) is 5.43 Å². The van der Waals surface area contributed by atoms with Crippen molar-refractivity contribution in [2.75, 3.05) is 6.61 Å². The maximum absolute atomic E-state index is 13.6. The smallest absolute Gasteiger partial charge is 0.142 e. The molecule has 0 aliphatic carbocycles. The van der Waals surface area contributed by atoms with E-state index in [-0.39, 0.29) is 5.02 Å². The molecule has 3 nitrogen and oxygen atoms in total. The van der Waals surface area contributed by atoms with Gasteiger partial charge >= 0.3 is 0 Å². The summed E-state index contributed by atoms with van der Waals surface area (Å²) in [5.41, 5.74) is 5.30. The average Bonchev–Trinajstić information content (AvgIpc) is 2.93. The van der Waals surface area contributed by atoms with Gasteiger partial charge in [-0.3, -0.25) is 5.84 Å². The number of nitrogens with one attached hydrogen (secondary N) is 1. The zero-order valence-electron chi connectivity index (χ0n) is 10.7. The molecule has 0 radical (unpaired) electrons. The van der Waals surface area contributed by atoms with Gasteiger partial charge in [-0.05, 0) is 17.2 Å². The summed E-state index contributed by atoms with van der Waals surface area (Å²) in [5.74, 6) is 6.02. The van der Waals surface area contributed by atoms with E-state index >= 15 is 0 Å². The van der Waals surface area contributed by atoms with Gasteiger partial charge in [-0.1, -0.05) is 41.9 Å². The third-order valence-electron chi connectivity index (χ3n) is 3.51. The van der Waals surface area contributed by atoms with Crippen LogP contribution < -0.4 is 16.0 Å². The van der Waals surface area contributed by atoms with Crippen LogP contribution in [0.5, 0.6) is 5.75 Å². The predicted molar refractivity (Wildman–Crippen MR) is 76.2 cm³/mol. The highest BCUT2D eigenvalue weighted by Gasteiger charge is 2.24. The second kappa shape index (κ2) is 5.40. The molecule has 3 rings (SSSR count). The third kappa shape index (κ3) is 2.16. The first-order valence-electron chi connectivity index (χ1n) is 6.37. The Bertz CT molecular complexity index is 648. The SMILES string of the molecule is NNC(c1cccc(F)c1Cl)c1cccc2c1OCC2. The molecular formula is C15H14ClFN2O. The summed E-state index contributed by atoms with van der Waals surface area (Å²) in [4.78, 5) is 0. The van der Waals surface area contributed by atoms with Crippen LogP contribution in [0.2, 0.25) is 5.02 Å². The fraction of sp³-hybridized carbons (Fsp3) is 0.200. The van der Waals surface area contributed by atoms with Crippen molar-refractivity contribution in [2.24, 2.45) is 5.84 Å². The van der Waals surface area contributed by atoms with E-state index in [4.69, 9.17) is 22.2 Å². The number of fused-ring (bicyclic) bond motifs is 1. The Morgan fingerprint density at radius 1 is 1.20 bits per heavy atom. The first-order valence-corrected chi connectivity index (χ1v) is 6.75. The molecule has 20 heavy (non-hydrogen) atoms. The molecule has 0 saturated carbocycles. The van der Waals surface area contributed by atoms with E-state index < -0.39 is 11.9 Å². The fourth-order valence-electron chi connectivity index (χ4n) is 2.56. The molecule has 1 atom stereocenters. The summed E-state index contributed by atoms with van der Waals surface area (Å²) in [5, 5.41) is 0.0750. The minimum absolute atomic E-state index is 0.0750. The molecule has 1 aliphatic rings. The van der Waals surface area contributed by atoms with E-state index in [1.807, 2.05) is 18.2 Å². The van der Waals surface area contributed by atoms with Crippen molar-refractivity contribution >= 4 is 11.6 Å². The van der Waals surface area contributed by atoms with Gasteiger partial charge in [0.2, 0.25) is 0 Å². The monoisotopic (exact) mass is 292 g/mol. The number of hydrogen-bond acceptors (Lipinski definition) is 3. The molecular weight excluding hydrogens is 279 g/mol. The van der Waals surface area contributed by atoms with Crippen LogP contribution in [0.15, 0.2) is 36.4 Å². The molecule has 0 amide bonds. The van der Waals surface area contributed by atoms with Crippen LogP contribution in [-0.2, 0) is 6.42 Å². The number of benzene rings is 2. The Hall–Kier alpha value is -1.62. The summed E-state index contributed by atoms with van der Waals surface area (Å²) in [7, 11) is 0. The Morgan fingerprint density at radius 3 is 2.75 bits per heavy atom. The molecule has 0 bridgehead atoms. The number of nitrogens with two attached hydrogens (primary N) is 1. The van der Waals surface area contributed by atoms with Crippen LogP contribution >= 0.6 is 11.6 Å². The molecule has 104 valence electrons. The quantitative estimate of drug-likeness (QED) is 0.675. The summed E-state index contributed by atoms with van der Waals surface area (Å²) >= 11 is 6.06. The van der Waals surface area contributed by atoms with E-state index in [2.05, 4.69) is 5.43 Å². The van der Waals surface area contributed by atoms with Crippen molar-refractivity contribution in [3.63, 3.8) is 0 Å². The van der Waals surface area contributed by atoms with Gasteiger partial charge in [0.25, 0.3) is 0 Å². The summed E-state index contributed by atoms with van der Waals surface area (Å²) in [6, 6.07) is 10.2. The van der Waals surface area contributed by atoms with E-state index in [1.165, 1.54) is 6.07 Å². The second-order valence-electron chi connectivity index (χ2n) is 4.68. The van der Waals surface area contributed by atoms with Crippen LogP contribution in [0.1, 0.15) is 22.7 Å². The maximum atomic E-state index is 13.6. The lowest BCUT2D eigenvalue weighted by molar-refractivity contribution is 0.350. The molecule has 1 unspecified atom stereocenters. The number of para-hydroxylation sites is 1. The Labute approximate surface area is 121 Å². The maximum Gasteiger partial charge on any atom is 0.142 e. The van der Waals surface area contributed by atoms with Crippen molar-refractivity contribution in [3.05, 3.63) is 63.9 Å². The lowest BCUT2D eigenvalue weighted by Gasteiger charge is -2.20. The van der Waals surface area contributed by atoms with Gasteiger partial charge < -0.3 is 4.74 Å². The normalized spacial score (nSPS) is 14.8. The summed E-state index contributed by atoms with van der Waals surface area (Å²) in [6.45, 7) is 0.653. The molecule has 0 spiro atoms. The van der Waals surface area contributed by atoms with Gasteiger partial charge in [-0.15, -0.1) is 0 Å². The van der Waals surface area contributed by atoms with Gasteiger partial charge in [-0.2, -0.15) is 0 Å². The number of halogens is 2. The highest BCUT2D eigenvalue weighted by molar-refractivity contribution is 6.31. The van der Waals surface area contributed by atoms with Crippen molar-refractivity contribution < 1.29 is 9.13 Å². The van der Waals surface area contributed by atoms with Crippen molar-refractivity contribution in [3.8, 4) is 5.75 Å². The third-order valence-corrected chi connectivity index (χ3v) is 3.91. The van der Waals surface area contributed by atoms with Crippen LogP contribution in [0.4, 0.5) is 4.39 Å². The standard InChI is InChI=1S/C15H14ClFN2O/c16-13-10(4-2-6-12(13)17)14(19-18)11-5-1-3-9-7-8-20-15(9)11/h1-6,14,19H,7-8,18H2. The van der Waals surface area contributed by atoms with Crippen LogP contribution in [0, 0.1) is 5.82 Å². The predicted octanol–water partition coefficient (Wildman–Crippen LogP) is 2.97. The highest BCUT2D eigenvalue weighted by Crippen LogP contribution is 2.38. The van der Waals surface area contributed by atoms with Crippen LogP contribution in [0.25, 0.3) is 0 Å². The Balaban J connectivity index is 2.11. The number of ether oxygens (including phenoxy) is 1. The first kappa shape index (κ1) is 13.4. The molecule has 2 aromatic carbocycles. The van der Waals surface area contributed by atoms with Crippen molar-refractivity contribution in [2.45, 2.75) is 12.5 Å². The van der Waals surface area contributed by atoms with Gasteiger partial charge in [0.1, 0.15) is 11.6 Å². The minimum atomic E-state index is -0.460. The lowest BCUT2D eigenvalue weighted by Crippen LogP contribution is -2.29. The molecule has 3 N–H and O–H groups in total. The number of hydrazine groups is 1. The van der Waals surface area contributed by atoms with Gasteiger partial charge in [-0.25, -0.2) is 9.82 Å². The van der Waals surface area contributed by atoms with Crippen LogP contribution in [0.3, 0.4) is 0 Å². The average molecular weight is 293 g/mol. The number of hydrogen-bond donors (Lipinski definition) is 2. The molecule has 1 aliphatic heterocycles. The molecule has 2 aromatic rings. The minimum Gasteiger partial charge on any atom is -0.493 e. The topological polar surface area (TPSA) is 47.3 Å². The van der Waals surface area contributed by atoms with Crippen LogP contribution in [-0.4, -0.2) is 6.61 Å². The summed E-state index contributed by atoms with van der Waals surface area (Å²) < 4.78 is 19.3. The van der Waals surface area contributed by atoms with Crippen molar-refractivity contribution in [1.29, 1.82) is 0 Å². The van der Waals surface area contributed by atoms with E-state index in [9.17, 15) is 4.39 Å². The Kier molecular flexibility index (Phi) is 3.61. The molecule has 5 heteroatoms. The fourth-order valence-corrected chi connectivity index (χ4v) is 2.79. The van der Waals surface area contributed by atoms with Gasteiger partial charge in [0, 0.05) is 12.0 Å². The zero-order valence-corrected chi connectivity index (χ0v) is 11.5. The largest absolute Gasteiger partial charge is 0.493 e. The Morgan fingerprint density at radius 2 is 1.95 bits per heavy atom. The molecule has 1 heterocycles. The van der Waals surface area contributed by atoms with Gasteiger partial charge in [0.15, 0.2) is 0 Å². The first-order chi connectivity index (χ1) is 9.72. The lowest BCUT2D eigenvalue weighted by atomic mass is 9.96. The van der Waals surface area contributed by atoms with E-state index in [1.54, 1.807) is 12.1 Å². The molecule has 0 aromatic heterocycles. The van der Waals surface area contributed by atoms with Gasteiger partial charge in [0.05, 0.1) is 17.7 Å². The second-order valence-corrected chi connectivity index (χ2v) is 5.05. The summed E-state index contributed by atoms with van der Waals surface area (Å²) in [6.07, 6.45) is 0.872. The molecule has 0 fully saturated rings. The molecule has 0 saturated heterocycles. The van der Waals surface area contributed by atoms with E-state index in [0.29, 0.717) is 12.2 Å².